The van der Waals surface area contributed by atoms with Gasteiger partial charge < -0.3 is 10.0 Å². The third-order valence-electron chi connectivity index (χ3n) is 9.25. The zero-order chi connectivity index (χ0) is 39.7. The van der Waals surface area contributed by atoms with E-state index in [9.17, 15) is 54.6 Å². The first-order chi connectivity index (χ1) is 24.5. The van der Waals surface area contributed by atoms with Gasteiger partial charge in [-0.1, -0.05) is 36.4 Å². The van der Waals surface area contributed by atoms with Gasteiger partial charge in [-0.15, -0.1) is 0 Å². The molecule has 4 rings (SSSR count). The van der Waals surface area contributed by atoms with Crippen LogP contribution in [0.5, 0.6) is 0 Å². The Morgan fingerprint density at radius 1 is 0.868 bits per heavy atom. The molecule has 53 heavy (non-hydrogen) atoms. The maximum absolute atomic E-state index is 15.1. The highest BCUT2D eigenvalue weighted by atomic mass is 19.4. The van der Waals surface area contributed by atoms with Crippen molar-refractivity contribution in [3.05, 3.63) is 97.6 Å². The van der Waals surface area contributed by atoms with Crippen LogP contribution in [0.2, 0.25) is 0 Å². The summed E-state index contributed by atoms with van der Waals surface area (Å²) in [5, 5.41) is 10.3. The SMILES string of the molecule is Cc1c(N2CCN(CCCC(F)(F)C(F)(F)F)CC2)c(=O)n(CC(c2ccccc2)N(C(=O)O)C(C)(C)C)c(=O)n1Cc1c(F)cccc1C(F)(F)F. The molecule has 2 aromatic carbocycles. The average Bonchev–Trinajstić information content (AvgIpc) is 3.04. The van der Waals surface area contributed by atoms with Gasteiger partial charge in [-0.2, -0.15) is 35.1 Å². The van der Waals surface area contributed by atoms with Crippen LogP contribution >= 0.6 is 0 Å². The summed E-state index contributed by atoms with van der Waals surface area (Å²) in [6, 6.07) is 9.22. The number of halogens is 9. The number of aromatic nitrogens is 2. The van der Waals surface area contributed by atoms with Gasteiger partial charge in [0, 0.05) is 49.4 Å². The highest BCUT2D eigenvalue weighted by molar-refractivity contribution is 5.67. The molecule has 0 radical (unpaired) electrons. The summed E-state index contributed by atoms with van der Waals surface area (Å²) >= 11 is 0. The zero-order valence-electron chi connectivity index (χ0n) is 29.4. The Kier molecular flexibility index (Phi) is 12.1. The summed E-state index contributed by atoms with van der Waals surface area (Å²) in [4.78, 5) is 45.4. The Hall–Kier alpha value is -4.48. The lowest BCUT2D eigenvalue weighted by Crippen LogP contribution is -2.53. The number of piperazine rings is 1. The summed E-state index contributed by atoms with van der Waals surface area (Å²) < 4.78 is 124. The molecule has 1 atom stereocenters. The molecule has 0 saturated carbocycles. The van der Waals surface area contributed by atoms with Crippen molar-refractivity contribution in [1.82, 2.24) is 18.9 Å². The lowest BCUT2D eigenvalue weighted by Gasteiger charge is -2.40. The van der Waals surface area contributed by atoms with Crippen molar-refractivity contribution in [3.8, 4) is 0 Å². The number of benzene rings is 2. The Morgan fingerprint density at radius 3 is 2.00 bits per heavy atom. The molecule has 1 fully saturated rings. The smallest absolute Gasteiger partial charge is 0.453 e. The number of nitrogens with zero attached hydrogens (tertiary/aromatic N) is 5. The summed E-state index contributed by atoms with van der Waals surface area (Å²) in [5.74, 6) is -6.13. The third kappa shape index (κ3) is 9.19. The third-order valence-corrected chi connectivity index (χ3v) is 9.25. The van der Waals surface area contributed by atoms with Crippen LogP contribution in [0.4, 0.5) is 50.0 Å². The minimum Gasteiger partial charge on any atom is -0.465 e. The molecule has 0 bridgehead atoms. The van der Waals surface area contributed by atoms with Crippen molar-refractivity contribution >= 4 is 11.8 Å². The zero-order valence-corrected chi connectivity index (χ0v) is 29.4. The van der Waals surface area contributed by atoms with Crippen molar-refractivity contribution in [2.24, 2.45) is 0 Å². The Bertz CT molecular complexity index is 1880. The number of carbonyl (C=O) groups is 1. The Labute approximate surface area is 298 Å². The summed E-state index contributed by atoms with van der Waals surface area (Å²) in [7, 11) is 0. The molecule has 2 heterocycles. The molecule has 0 aliphatic carbocycles. The standard InChI is InChI=1S/C35H40F9N5O4/c1-22-28(46-18-16-45(17-19-46)15-9-14-33(37,38)35(42,43)44)29(50)48(21-27(23-10-6-5-7-11-23)49(31(52)53)32(2,3)4)30(51)47(22)20-24-25(34(39,40)41)12-8-13-26(24)36/h5-8,10-13,27H,9,14-21H2,1-4H3,(H,52,53). The van der Waals surface area contributed by atoms with Gasteiger partial charge in [0.2, 0.25) is 0 Å². The first kappa shape index (κ1) is 41.3. The van der Waals surface area contributed by atoms with E-state index in [2.05, 4.69) is 0 Å². The van der Waals surface area contributed by atoms with Gasteiger partial charge in [-0.3, -0.25) is 23.7 Å². The molecular weight excluding hydrogens is 725 g/mol. The minimum absolute atomic E-state index is 0.00278. The van der Waals surface area contributed by atoms with E-state index < -0.39 is 90.1 Å². The summed E-state index contributed by atoms with van der Waals surface area (Å²) in [5.41, 5.74) is -5.22. The van der Waals surface area contributed by atoms with Crippen molar-refractivity contribution in [2.75, 3.05) is 37.6 Å². The first-order valence-electron chi connectivity index (χ1n) is 16.6. The van der Waals surface area contributed by atoms with Gasteiger partial charge in [0.05, 0.1) is 24.7 Å². The Balaban J connectivity index is 1.82. The number of hydrogen-bond donors (Lipinski definition) is 1. The monoisotopic (exact) mass is 765 g/mol. The van der Waals surface area contributed by atoms with E-state index in [1.807, 2.05) is 0 Å². The molecule has 1 aromatic heterocycles. The van der Waals surface area contributed by atoms with E-state index in [1.54, 1.807) is 56.0 Å². The maximum Gasteiger partial charge on any atom is 0.453 e. The van der Waals surface area contributed by atoms with Gasteiger partial charge in [-0.25, -0.2) is 14.0 Å². The molecule has 1 amide bonds. The largest absolute Gasteiger partial charge is 0.465 e. The van der Waals surface area contributed by atoms with Crippen molar-refractivity contribution < 1.29 is 49.4 Å². The number of amides is 1. The van der Waals surface area contributed by atoms with E-state index in [1.165, 1.54) is 11.8 Å². The highest BCUT2D eigenvalue weighted by Gasteiger charge is 2.56. The van der Waals surface area contributed by atoms with Gasteiger partial charge in [0.25, 0.3) is 5.56 Å². The molecule has 1 saturated heterocycles. The number of hydrogen-bond acceptors (Lipinski definition) is 5. The quantitative estimate of drug-likeness (QED) is 0.209. The van der Waals surface area contributed by atoms with E-state index in [0.717, 1.165) is 21.6 Å². The van der Waals surface area contributed by atoms with Crippen molar-refractivity contribution in [1.29, 1.82) is 0 Å². The fraction of sp³-hybridized carbons (Fsp3) is 0.514. The van der Waals surface area contributed by atoms with E-state index >= 15 is 4.39 Å². The molecule has 1 aliphatic heterocycles. The van der Waals surface area contributed by atoms with E-state index in [0.29, 0.717) is 16.2 Å². The number of rotatable bonds is 11. The molecule has 1 unspecified atom stereocenters. The van der Waals surface area contributed by atoms with Crippen LogP contribution in [0.1, 0.15) is 62.0 Å². The fourth-order valence-corrected chi connectivity index (χ4v) is 6.57. The average molecular weight is 766 g/mol. The first-order valence-corrected chi connectivity index (χ1v) is 16.6. The lowest BCUT2D eigenvalue weighted by molar-refractivity contribution is -0.284. The minimum atomic E-state index is -5.69. The van der Waals surface area contributed by atoms with Gasteiger partial charge >= 0.3 is 30.1 Å². The van der Waals surface area contributed by atoms with Crippen LogP contribution < -0.4 is 16.1 Å². The molecule has 292 valence electrons. The van der Waals surface area contributed by atoms with Crippen LogP contribution in [-0.4, -0.2) is 80.5 Å². The molecule has 0 spiro atoms. The molecule has 9 nitrogen and oxygen atoms in total. The van der Waals surface area contributed by atoms with E-state index in [-0.39, 0.29) is 44.1 Å². The maximum atomic E-state index is 15.1. The predicted octanol–water partition coefficient (Wildman–Crippen LogP) is 7.14. The molecule has 18 heteroatoms. The molecule has 1 N–H and O–H groups in total. The molecular formula is C35H40F9N5O4. The van der Waals surface area contributed by atoms with Crippen molar-refractivity contribution in [2.45, 2.75) is 83.5 Å². The Morgan fingerprint density at radius 2 is 1.47 bits per heavy atom. The van der Waals surface area contributed by atoms with Gasteiger partial charge in [-0.05, 0) is 58.4 Å². The summed E-state index contributed by atoms with van der Waals surface area (Å²) in [6.07, 6.45) is -14.0. The van der Waals surface area contributed by atoms with Crippen LogP contribution in [-0.2, 0) is 19.3 Å². The number of anilines is 1. The fourth-order valence-electron chi connectivity index (χ4n) is 6.57. The van der Waals surface area contributed by atoms with Crippen LogP contribution in [0.15, 0.2) is 58.1 Å². The second-order valence-corrected chi connectivity index (χ2v) is 13.9. The lowest BCUT2D eigenvalue weighted by atomic mass is 9.98. The van der Waals surface area contributed by atoms with Crippen LogP contribution in [0.25, 0.3) is 0 Å². The second-order valence-electron chi connectivity index (χ2n) is 13.9. The second kappa shape index (κ2) is 15.5. The van der Waals surface area contributed by atoms with Crippen LogP contribution in [0.3, 0.4) is 0 Å². The normalized spacial score (nSPS) is 15.5. The number of carboxylic acid groups (broad SMARTS) is 1. The predicted molar refractivity (Wildman–Crippen MR) is 178 cm³/mol. The molecule has 1 aliphatic rings. The van der Waals surface area contributed by atoms with Crippen LogP contribution in [0, 0.1) is 12.7 Å². The highest BCUT2D eigenvalue weighted by Crippen LogP contribution is 2.39. The van der Waals surface area contributed by atoms with E-state index in [4.69, 9.17) is 0 Å². The number of alkyl halides is 8. The van der Waals surface area contributed by atoms with Gasteiger partial charge in [0.15, 0.2) is 0 Å². The summed E-state index contributed by atoms with van der Waals surface area (Å²) in [6.45, 7) is 4.61. The topological polar surface area (TPSA) is 91.0 Å². The van der Waals surface area contributed by atoms with Crippen molar-refractivity contribution in [3.63, 3.8) is 0 Å². The molecule has 3 aromatic rings. The van der Waals surface area contributed by atoms with Gasteiger partial charge in [0.1, 0.15) is 11.5 Å².